The molecule has 11 nitrogen and oxygen atoms in total. The lowest BCUT2D eigenvalue weighted by Gasteiger charge is -2.14. The van der Waals surface area contributed by atoms with Crippen molar-refractivity contribution < 1.29 is 27.5 Å². The third kappa shape index (κ3) is 6.33. The van der Waals surface area contributed by atoms with Crippen molar-refractivity contribution in [2.75, 3.05) is 11.9 Å². The van der Waals surface area contributed by atoms with Crippen molar-refractivity contribution >= 4 is 33.4 Å². The second-order valence-electron chi connectivity index (χ2n) is 8.60. The number of aromatic nitrogens is 2. The second kappa shape index (κ2) is 11.2. The number of aryl methyl sites for hydroxylation is 1. The zero-order valence-corrected chi connectivity index (χ0v) is 21.8. The summed E-state index contributed by atoms with van der Waals surface area (Å²) in [5.41, 5.74) is 6.17. The van der Waals surface area contributed by atoms with Gasteiger partial charge >= 0.3 is 0 Å². The van der Waals surface area contributed by atoms with Gasteiger partial charge in [0.25, 0.3) is 27.7 Å². The summed E-state index contributed by atoms with van der Waals surface area (Å²) in [5.74, 6) is -2.07. The molecular formula is C25H29N5O6S. The minimum atomic E-state index is -4.34. The Labute approximate surface area is 215 Å². The zero-order chi connectivity index (χ0) is 27.3. The third-order valence-corrected chi connectivity index (χ3v) is 6.59. The van der Waals surface area contributed by atoms with Gasteiger partial charge in [-0.25, -0.2) is 13.1 Å². The Balaban J connectivity index is 2.00. The lowest BCUT2D eigenvalue weighted by molar-refractivity contribution is 0.0975. The number of hydrogen-bond acceptors (Lipinski definition) is 7. The number of carbonyl (C=O) groups is 3. The summed E-state index contributed by atoms with van der Waals surface area (Å²) in [5, 5.41) is 6.98. The summed E-state index contributed by atoms with van der Waals surface area (Å²) in [4.78, 5) is 37.6. The predicted molar refractivity (Wildman–Crippen MR) is 137 cm³/mol. The van der Waals surface area contributed by atoms with Gasteiger partial charge in [0.05, 0.1) is 28.4 Å². The summed E-state index contributed by atoms with van der Waals surface area (Å²) >= 11 is 0. The number of primary amides is 1. The Morgan fingerprint density at radius 1 is 1.08 bits per heavy atom. The fourth-order valence-electron chi connectivity index (χ4n) is 3.67. The van der Waals surface area contributed by atoms with Crippen LogP contribution in [-0.2, 0) is 23.5 Å². The predicted octanol–water partition coefficient (Wildman–Crippen LogP) is 2.49. The molecule has 0 aliphatic carbocycles. The highest BCUT2D eigenvalue weighted by Crippen LogP contribution is 2.27. The van der Waals surface area contributed by atoms with E-state index in [4.69, 9.17) is 10.5 Å². The van der Waals surface area contributed by atoms with E-state index in [2.05, 4.69) is 10.4 Å². The quantitative estimate of drug-likeness (QED) is 0.365. The Bertz CT molecular complexity index is 1430. The molecule has 196 valence electrons. The fraction of sp³-hybridized carbons (Fsp3) is 0.280. The largest absolute Gasteiger partial charge is 0.493 e. The van der Waals surface area contributed by atoms with Crippen molar-refractivity contribution in [2.45, 2.75) is 32.1 Å². The summed E-state index contributed by atoms with van der Waals surface area (Å²) in [6.45, 7) is 5.82. The van der Waals surface area contributed by atoms with Gasteiger partial charge in [0.1, 0.15) is 11.4 Å². The molecule has 0 aliphatic rings. The van der Waals surface area contributed by atoms with Crippen molar-refractivity contribution in [3.63, 3.8) is 0 Å². The Hall–Kier alpha value is -4.19. The minimum Gasteiger partial charge on any atom is -0.493 e. The molecule has 1 heterocycles. The van der Waals surface area contributed by atoms with Crippen LogP contribution in [-0.4, -0.2) is 42.5 Å². The molecule has 12 heteroatoms. The highest BCUT2D eigenvalue weighted by atomic mass is 32.2. The first-order chi connectivity index (χ1) is 17.4. The molecule has 0 saturated heterocycles. The van der Waals surface area contributed by atoms with Crippen molar-refractivity contribution in [3.8, 4) is 5.75 Å². The van der Waals surface area contributed by atoms with E-state index in [9.17, 15) is 22.8 Å². The van der Waals surface area contributed by atoms with E-state index >= 15 is 0 Å². The number of benzene rings is 2. The molecule has 0 aliphatic heterocycles. The number of hydrogen-bond donors (Lipinski definition) is 3. The Morgan fingerprint density at radius 2 is 1.76 bits per heavy atom. The maximum absolute atomic E-state index is 13.4. The summed E-state index contributed by atoms with van der Waals surface area (Å²) < 4.78 is 34.8. The molecule has 3 amide bonds. The van der Waals surface area contributed by atoms with Crippen LogP contribution in [0.15, 0.2) is 53.4 Å². The standard InChI is InChI=1S/C25H29N5O6S/c1-5-36-20-12-11-17(37(34,35)29-24(32)16-9-7-6-8-10-16)14-18(20)25(33)27-21-19(13-15(2)3)28-30(4)22(21)23(26)31/h6-12,14-15H,5,13H2,1-4H3,(H2,26,31)(H,27,33)(H,29,32). The van der Waals surface area contributed by atoms with Crippen LogP contribution in [0.3, 0.4) is 0 Å². The number of nitrogens with two attached hydrogens (primary N) is 1. The topological polar surface area (TPSA) is 162 Å². The van der Waals surface area contributed by atoms with Gasteiger partial charge in [-0.15, -0.1) is 0 Å². The number of carbonyl (C=O) groups excluding carboxylic acids is 3. The smallest absolute Gasteiger partial charge is 0.269 e. The molecule has 37 heavy (non-hydrogen) atoms. The van der Waals surface area contributed by atoms with Crippen LogP contribution in [0.5, 0.6) is 5.75 Å². The SMILES string of the molecule is CCOc1ccc(S(=O)(=O)NC(=O)c2ccccc2)cc1C(=O)Nc1c(CC(C)C)nn(C)c1C(N)=O. The number of nitrogens with one attached hydrogen (secondary N) is 2. The van der Waals surface area contributed by atoms with E-state index in [0.29, 0.717) is 12.1 Å². The minimum absolute atomic E-state index is 0.000797. The molecule has 0 fully saturated rings. The van der Waals surface area contributed by atoms with Gasteiger partial charge in [0.15, 0.2) is 0 Å². The van der Waals surface area contributed by atoms with Crippen LogP contribution >= 0.6 is 0 Å². The van der Waals surface area contributed by atoms with E-state index in [1.165, 1.54) is 36.0 Å². The first kappa shape index (κ1) is 27.4. The van der Waals surface area contributed by atoms with Crippen molar-refractivity contribution in [1.29, 1.82) is 0 Å². The van der Waals surface area contributed by atoms with E-state index in [1.54, 1.807) is 25.1 Å². The first-order valence-electron chi connectivity index (χ1n) is 11.5. The van der Waals surface area contributed by atoms with E-state index in [0.717, 1.165) is 6.07 Å². The second-order valence-corrected chi connectivity index (χ2v) is 10.3. The van der Waals surface area contributed by atoms with Crippen LogP contribution < -0.4 is 20.5 Å². The molecule has 3 rings (SSSR count). The van der Waals surface area contributed by atoms with Gasteiger partial charge in [0, 0.05) is 12.6 Å². The maximum atomic E-state index is 13.4. The third-order valence-electron chi connectivity index (χ3n) is 5.26. The molecule has 0 saturated carbocycles. The van der Waals surface area contributed by atoms with Gasteiger partial charge in [0.2, 0.25) is 0 Å². The zero-order valence-electron chi connectivity index (χ0n) is 20.9. The van der Waals surface area contributed by atoms with Gasteiger partial charge < -0.3 is 15.8 Å². The molecule has 0 spiro atoms. The number of rotatable bonds is 10. The van der Waals surface area contributed by atoms with E-state index in [1.807, 2.05) is 18.6 Å². The fourth-order valence-corrected chi connectivity index (χ4v) is 4.67. The van der Waals surface area contributed by atoms with Gasteiger partial charge in [-0.3, -0.25) is 19.1 Å². The van der Waals surface area contributed by atoms with E-state index < -0.39 is 27.7 Å². The highest BCUT2D eigenvalue weighted by molar-refractivity contribution is 7.90. The van der Waals surface area contributed by atoms with Crippen LogP contribution in [0.2, 0.25) is 0 Å². The monoisotopic (exact) mass is 527 g/mol. The number of ether oxygens (including phenoxy) is 1. The highest BCUT2D eigenvalue weighted by Gasteiger charge is 2.26. The summed E-state index contributed by atoms with van der Waals surface area (Å²) in [6.07, 6.45) is 0.453. The Kier molecular flexibility index (Phi) is 8.33. The molecule has 3 aromatic rings. The average Bonchev–Trinajstić information content (AvgIpc) is 3.13. The number of anilines is 1. The number of sulfonamides is 1. The molecule has 0 unspecified atom stereocenters. The van der Waals surface area contributed by atoms with Crippen molar-refractivity contribution in [2.24, 2.45) is 18.7 Å². The van der Waals surface area contributed by atoms with Crippen LogP contribution in [0, 0.1) is 5.92 Å². The van der Waals surface area contributed by atoms with Crippen LogP contribution in [0.25, 0.3) is 0 Å². The molecule has 0 radical (unpaired) electrons. The van der Waals surface area contributed by atoms with Crippen LogP contribution in [0.1, 0.15) is 57.7 Å². The van der Waals surface area contributed by atoms with Crippen molar-refractivity contribution in [3.05, 3.63) is 71.0 Å². The lowest BCUT2D eigenvalue weighted by Crippen LogP contribution is -2.30. The van der Waals surface area contributed by atoms with Gasteiger partial charge in [-0.1, -0.05) is 32.0 Å². The Morgan fingerprint density at radius 3 is 2.35 bits per heavy atom. The van der Waals surface area contributed by atoms with Gasteiger partial charge in [-0.2, -0.15) is 5.10 Å². The van der Waals surface area contributed by atoms with E-state index in [-0.39, 0.29) is 45.7 Å². The maximum Gasteiger partial charge on any atom is 0.269 e. The van der Waals surface area contributed by atoms with Crippen LogP contribution in [0.4, 0.5) is 5.69 Å². The molecular weight excluding hydrogens is 498 g/mol. The average molecular weight is 528 g/mol. The molecule has 0 bridgehead atoms. The molecule has 1 aromatic heterocycles. The van der Waals surface area contributed by atoms with Crippen molar-refractivity contribution in [1.82, 2.24) is 14.5 Å². The number of amides is 3. The first-order valence-corrected chi connectivity index (χ1v) is 13.0. The lowest BCUT2D eigenvalue weighted by atomic mass is 10.1. The molecule has 2 aromatic carbocycles. The molecule has 4 N–H and O–H groups in total. The van der Waals surface area contributed by atoms with Gasteiger partial charge in [-0.05, 0) is 49.6 Å². The normalized spacial score (nSPS) is 11.3. The summed E-state index contributed by atoms with van der Waals surface area (Å²) in [7, 11) is -2.80. The number of nitrogens with zero attached hydrogens (tertiary/aromatic N) is 2. The summed E-state index contributed by atoms with van der Waals surface area (Å²) in [6, 6.07) is 11.5. The molecule has 0 atom stereocenters.